The summed E-state index contributed by atoms with van der Waals surface area (Å²) < 4.78 is 18.9. The van der Waals surface area contributed by atoms with Crippen LogP contribution in [0.15, 0.2) is 22.6 Å². The van der Waals surface area contributed by atoms with Crippen molar-refractivity contribution >= 4 is 30.6 Å². The van der Waals surface area contributed by atoms with Crippen LogP contribution in [0.25, 0.3) is 11.1 Å². The second kappa shape index (κ2) is 16.3. The SMILES string of the molecule is C.CN.Fc1ccc2nc(NC3CCC(CNC4CCCCC4)CC3)oc2c1.O.O.S.[HH].[HH]. The minimum Gasteiger partial charge on any atom is -0.423 e. The number of benzene rings is 1. The molecule has 2 aliphatic carbocycles. The van der Waals surface area contributed by atoms with Gasteiger partial charge in [-0.2, -0.15) is 18.5 Å². The van der Waals surface area contributed by atoms with Crippen molar-refractivity contribution in [1.82, 2.24) is 10.3 Å². The summed E-state index contributed by atoms with van der Waals surface area (Å²) in [5.41, 5.74) is 5.71. The van der Waals surface area contributed by atoms with Gasteiger partial charge in [0.2, 0.25) is 0 Å². The number of nitrogens with zero attached hydrogens (tertiary/aromatic N) is 1. The third-order valence-corrected chi connectivity index (χ3v) is 5.83. The van der Waals surface area contributed by atoms with E-state index in [-0.39, 0.29) is 40.5 Å². The van der Waals surface area contributed by atoms with Crippen LogP contribution in [0.2, 0.25) is 0 Å². The van der Waals surface area contributed by atoms with E-state index >= 15 is 0 Å². The summed E-state index contributed by atoms with van der Waals surface area (Å²) in [5, 5.41) is 7.19. The van der Waals surface area contributed by atoms with Crippen molar-refractivity contribution in [3.63, 3.8) is 0 Å². The molecule has 0 saturated heterocycles. The molecule has 2 aromatic rings. The molecular formula is C22H47FN4O3S. The maximum atomic E-state index is 13.2. The minimum atomic E-state index is -0.291. The molecule has 0 unspecified atom stereocenters. The zero-order valence-corrected chi connectivity index (χ0v) is 18.8. The van der Waals surface area contributed by atoms with Crippen LogP contribution in [0, 0.1) is 11.7 Å². The highest BCUT2D eigenvalue weighted by Crippen LogP contribution is 2.28. The Labute approximate surface area is 195 Å². The summed E-state index contributed by atoms with van der Waals surface area (Å²) in [4.78, 5) is 4.41. The molecule has 0 spiro atoms. The van der Waals surface area contributed by atoms with Gasteiger partial charge in [-0.1, -0.05) is 26.7 Å². The molecule has 2 fully saturated rings. The van der Waals surface area contributed by atoms with Gasteiger partial charge in [0.15, 0.2) is 5.58 Å². The predicted molar refractivity (Wildman–Crippen MR) is 137 cm³/mol. The fourth-order valence-electron chi connectivity index (χ4n) is 4.29. The number of nitrogens with one attached hydrogen (secondary N) is 2. The number of rotatable bonds is 5. The summed E-state index contributed by atoms with van der Waals surface area (Å²) in [6, 6.07) is 6.14. The quantitative estimate of drug-likeness (QED) is 0.610. The van der Waals surface area contributed by atoms with Gasteiger partial charge >= 0.3 is 0 Å². The average molecular weight is 467 g/mol. The first-order chi connectivity index (χ1) is 13.3. The molecule has 0 bridgehead atoms. The lowest BCUT2D eigenvalue weighted by atomic mass is 9.85. The van der Waals surface area contributed by atoms with Crippen molar-refractivity contribution in [2.24, 2.45) is 11.7 Å². The van der Waals surface area contributed by atoms with Gasteiger partial charge in [-0.15, -0.1) is 0 Å². The summed E-state index contributed by atoms with van der Waals surface area (Å²) in [6.07, 6.45) is 11.7. The monoisotopic (exact) mass is 466 g/mol. The topological polar surface area (TPSA) is 139 Å². The van der Waals surface area contributed by atoms with Crippen LogP contribution in [-0.4, -0.2) is 41.6 Å². The van der Waals surface area contributed by atoms with Gasteiger partial charge in [0, 0.05) is 21.0 Å². The van der Waals surface area contributed by atoms with Crippen LogP contribution in [-0.2, 0) is 0 Å². The molecule has 4 rings (SSSR count). The lowest BCUT2D eigenvalue weighted by Gasteiger charge is -2.31. The summed E-state index contributed by atoms with van der Waals surface area (Å²) in [5.74, 6) is 0.499. The zero-order valence-electron chi connectivity index (χ0n) is 17.8. The summed E-state index contributed by atoms with van der Waals surface area (Å²) in [6.45, 7) is 1.17. The van der Waals surface area contributed by atoms with Crippen LogP contribution in [0.3, 0.4) is 0 Å². The van der Waals surface area contributed by atoms with E-state index in [1.54, 1.807) is 6.07 Å². The Hall–Kier alpha value is -1.39. The average Bonchev–Trinajstić information content (AvgIpc) is 3.11. The van der Waals surface area contributed by atoms with E-state index in [4.69, 9.17) is 4.42 Å². The molecule has 186 valence electrons. The first-order valence-corrected chi connectivity index (χ1v) is 10.4. The van der Waals surface area contributed by atoms with Crippen molar-refractivity contribution in [3.8, 4) is 0 Å². The Bertz CT molecular complexity index is 716. The van der Waals surface area contributed by atoms with Crippen molar-refractivity contribution in [2.45, 2.75) is 77.3 Å². The minimum absolute atomic E-state index is 0. The number of nitrogens with two attached hydrogens (primary N) is 1. The van der Waals surface area contributed by atoms with Gasteiger partial charge < -0.3 is 31.7 Å². The molecular weight excluding hydrogens is 419 g/mol. The second-order valence-electron chi connectivity index (χ2n) is 7.74. The van der Waals surface area contributed by atoms with E-state index in [0.717, 1.165) is 24.8 Å². The normalized spacial score (nSPS) is 20.6. The van der Waals surface area contributed by atoms with Gasteiger partial charge in [-0.25, -0.2) is 4.39 Å². The Morgan fingerprint density at radius 3 is 2.32 bits per heavy atom. The number of halogens is 1. The van der Waals surface area contributed by atoms with Gasteiger partial charge in [0.25, 0.3) is 6.01 Å². The smallest absolute Gasteiger partial charge is 0.295 e. The van der Waals surface area contributed by atoms with Crippen molar-refractivity contribution in [3.05, 3.63) is 24.0 Å². The second-order valence-corrected chi connectivity index (χ2v) is 7.74. The van der Waals surface area contributed by atoms with E-state index in [2.05, 4.69) is 21.4 Å². The molecule has 2 aliphatic rings. The van der Waals surface area contributed by atoms with Crippen LogP contribution < -0.4 is 16.4 Å². The molecule has 1 aromatic carbocycles. The molecule has 8 N–H and O–H groups in total. The summed E-state index contributed by atoms with van der Waals surface area (Å²) >= 11 is 0. The highest BCUT2D eigenvalue weighted by molar-refractivity contribution is 7.59. The van der Waals surface area contributed by atoms with Gasteiger partial charge in [-0.3, -0.25) is 0 Å². The first-order valence-electron chi connectivity index (χ1n) is 10.4. The lowest BCUT2D eigenvalue weighted by Crippen LogP contribution is -2.37. The fourth-order valence-corrected chi connectivity index (χ4v) is 4.29. The number of anilines is 1. The predicted octanol–water partition coefficient (Wildman–Crippen LogP) is 4.03. The van der Waals surface area contributed by atoms with Gasteiger partial charge in [0.1, 0.15) is 11.3 Å². The molecule has 0 atom stereocenters. The zero-order chi connectivity index (χ0) is 19.1. The van der Waals surface area contributed by atoms with E-state index in [9.17, 15) is 4.39 Å². The number of aromatic nitrogens is 1. The van der Waals surface area contributed by atoms with E-state index in [1.807, 2.05) is 0 Å². The number of oxazole rings is 1. The third-order valence-electron chi connectivity index (χ3n) is 5.83. The van der Waals surface area contributed by atoms with Gasteiger partial charge in [-0.05, 0) is 70.2 Å². The number of hydrogen-bond donors (Lipinski definition) is 3. The molecule has 0 aliphatic heterocycles. The van der Waals surface area contributed by atoms with Crippen molar-refractivity contribution in [2.75, 3.05) is 18.9 Å². The first kappa shape index (κ1) is 31.8. The Balaban J connectivity index is -0.000000512. The van der Waals surface area contributed by atoms with E-state index < -0.39 is 0 Å². The molecule has 31 heavy (non-hydrogen) atoms. The fraction of sp³-hybridized carbons (Fsp3) is 0.682. The lowest BCUT2D eigenvalue weighted by molar-refractivity contribution is 0.289. The maximum Gasteiger partial charge on any atom is 0.295 e. The number of fused-ring (bicyclic) bond motifs is 1. The van der Waals surface area contributed by atoms with Crippen molar-refractivity contribution in [1.29, 1.82) is 0 Å². The molecule has 9 heteroatoms. The van der Waals surface area contributed by atoms with Crippen LogP contribution in [0.4, 0.5) is 10.4 Å². The van der Waals surface area contributed by atoms with E-state index in [0.29, 0.717) is 23.2 Å². The highest BCUT2D eigenvalue weighted by atomic mass is 32.1. The summed E-state index contributed by atoms with van der Waals surface area (Å²) in [7, 11) is 1.50. The third kappa shape index (κ3) is 9.33. The van der Waals surface area contributed by atoms with Gasteiger partial charge in [0.05, 0.1) is 0 Å². The Morgan fingerprint density at radius 2 is 1.68 bits per heavy atom. The van der Waals surface area contributed by atoms with Crippen LogP contribution >= 0.6 is 13.5 Å². The molecule has 2 saturated carbocycles. The Morgan fingerprint density at radius 1 is 1.03 bits per heavy atom. The molecule has 7 nitrogen and oxygen atoms in total. The molecule has 1 aromatic heterocycles. The molecule has 0 amide bonds. The highest BCUT2D eigenvalue weighted by Gasteiger charge is 2.23. The Kier molecular flexibility index (Phi) is 16.7. The van der Waals surface area contributed by atoms with E-state index in [1.165, 1.54) is 70.7 Å². The molecule has 0 radical (unpaired) electrons. The van der Waals surface area contributed by atoms with Crippen LogP contribution in [0.5, 0.6) is 0 Å². The number of hydrogen-bond acceptors (Lipinski definition) is 5. The van der Waals surface area contributed by atoms with Crippen molar-refractivity contribution < 1.29 is 22.6 Å². The van der Waals surface area contributed by atoms with Crippen LogP contribution in [0.1, 0.15) is 68.1 Å². The maximum absolute atomic E-state index is 13.2. The standard InChI is InChI=1S/C20H28FN3O.CH5N.CH4.2H2O.H2S.2H2/c21-15-8-11-18-19(12-15)25-20(24-18)23-17-9-6-14(7-10-17)13-22-16-4-2-1-3-5-16;1-2;;;;;;/h8,11-12,14,16-17,22H,1-7,9-10,13H2,(H,23,24);2H2,1H3;1H4;3*1H2;2*1H. The molecule has 1 heterocycles. The largest absolute Gasteiger partial charge is 0.423 e.